The summed E-state index contributed by atoms with van der Waals surface area (Å²) in [6.45, 7) is 1.79. The molecule has 0 aromatic carbocycles. The summed E-state index contributed by atoms with van der Waals surface area (Å²) in [4.78, 5) is 13.0. The van der Waals surface area contributed by atoms with E-state index in [1.807, 2.05) is 6.07 Å². The Hall–Kier alpha value is -1.08. The van der Waals surface area contributed by atoms with Crippen molar-refractivity contribution in [3.63, 3.8) is 0 Å². The van der Waals surface area contributed by atoms with E-state index >= 15 is 0 Å². The molecule has 0 aromatic heterocycles. The Labute approximate surface area is 66.2 Å². The van der Waals surface area contributed by atoms with Crippen LogP contribution in [0.4, 0.5) is 4.79 Å². The number of quaternary nitrogens is 1. The Balaban J connectivity index is 2.75. The Kier molecular flexibility index (Phi) is 1.83. The van der Waals surface area contributed by atoms with Crippen LogP contribution in [0.25, 0.3) is 0 Å². The van der Waals surface area contributed by atoms with Crippen LogP contribution in [0.3, 0.4) is 0 Å². The van der Waals surface area contributed by atoms with Gasteiger partial charge in [0.2, 0.25) is 0 Å². The molecule has 1 fully saturated rings. The molecule has 0 bridgehead atoms. The van der Waals surface area contributed by atoms with Crippen LogP contribution in [0.1, 0.15) is 0 Å². The molecule has 1 rings (SSSR count). The first-order chi connectivity index (χ1) is 5.10. The summed E-state index contributed by atoms with van der Waals surface area (Å²) in [6.07, 6.45) is 0. The number of hydrogen-bond acceptors (Lipinski definition) is 2. The molecule has 1 unspecified atom stereocenters. The molecule has 0 saturated carbocycles. The summed E-state index contributed by atoms with van der Waals surface area (Å²) in [5.41, 5.74) is 0. The summed E-state index contributed by atoms with van der Waals surface area (Å²) < 4.78 is 0.243. The third kappa shape index (κ3) is 1.19. The predicted octanol–water partition coefficient (Wildman–Crippen LogP) is 0.0220. The number of carbonyl (C=O) groups excluding carboxylic acids is 1. The Bertz CT molecular complexity index is 220. The Morgan fingerprint density at radius 1 is 1.82 bits per heavy atom. The van der Waals surface area contributed by atoms with Gasteiger partial charge in [-0.2, -0.15) is 5.26 Å². The largest absolute Gasteiger partial charge is 0.419 e. The lowest BCUT2D eigenvalue weighted by Gasteiger charge is -2.21. The van der Waals surface area contributed by atoms with Crippen LogP contribution < -0.4 is 0 Å². The van der Waals surface area contributed by atoms with E-state index in [0.29, 0.717) is 0 Å². The maximum Gasteiger partial charge on any atom is 0.419 e. The van der Waals surface area contributed by atoms with Gasteiger partial charge in [0.25, 0.3) is 0 Å². The molecule has 1 aliphatic rings. The van der Waals surface area contributed by atoms with Gasteiger partial charge in [0.15, 0.2) is 6.54 Å². The van der Waals surface area contributed by atoms with E-state index in [2.05, 4.69) is 0 Å². The molecule has 1 heterocycles. The minimum absolute atomic E-state index is 0.0477. The number of amides is 2. The van der Waals surface area contributed by atoms with Gasteiger partial charge >= 0.3 is 6.03 Å². The number of nitriles is 1. The maximum absolute atomic E-state index is 11.4. The molecular formula is C7H12N3O+. The van der Waals surface area contributed by atoms with E-state index in [-0.39, 0.29) is 17.1 Å². The minimum Gasteiger partial charge on any atom is -0.290 e. The zero-order valence-corrected chi connectivity index (χ0v) is 6.87. The number of urea groups is 1. The van der Waals surface area contributed by atoms with Crippen LogP contribution in [0.5, 0.6) is 0 Å². The summed E-state index contributed by atoms with van der Waals surface area (Å²) in [6, 6.07) is 2.07. The molecule has 0 aromatic rings. The fraction of sp³-hybridized carbons (Fsp3) is 0.714. The van der Waals surface area contributed by atoms with Gasteiger partial charge < -0.3 is 0 Å². The highest BCUT2D eigenvalue weighted by Gasteiger charge is 2.40. The highest BCUT2D eigenvalue weighted by Crippen LogP contribution is 2.13. The second-order valence-electron chi connectivity index (χ2n) is 3.14. The molecule has 1 aliphatic heterocycles. The van der Waals surface area contributed by atoms with E-state index in [1.165, 1.54) is 0 Å². The highest BCUT2D eigenvalue weighted by atomic mass is 16.2. The lowest BCUT2D eigenvalue weighted by molar-refractivity contribution is -0.813. The molecule has 0 radical (unpaired) electrons. The van der Waals surface area contributed by atoms with Crippen molar-refractivity contribution >= 4 is 6.03 Å². The first kappa shape index (κ1) is 8.02. The number of nitrogens with zero attached hydrogens (tertiary/aromatic N) is 3. The van der Waals surface area contributed by atoms with E-state index in [0.717, 1.165) is 13.1 Å². The van der Waals surface area contributed by atoms with Crippen molar-refractivity contribution in [1.29, 1.82) is 5.26 Å². The monoisotopic (exact) mass is 154 g/mol. The van der Waals surface area contributed by atoms with Gasteiger partial charge in [0.05, 0.1) is 13.6 Å². The first-order valence-corrected chi connectivity index (χ1v) is 3.57. The number of rotatable bonds is 1. The van der Waals surface area contributed by atoms with E-state index in [4.69, 9.17) is 5.26 Å². The second kappa shape index (κ2) is 2.51. The lowest BCUT2D eigenvalue weighted by Crippen LogP contribution is -2.47. The van der Waals surface area contributed by atoms with Crippen molar-refractivity contribution in [2.45, 2.75) is 0 Å². The average molecular weight is 154 g/mol. The zero-order valence-electron chi connectivity index (χ0n) is 6.87. The van der Waals surface area contributed by atoms with Crippen molar-refractivity contribution in [2.24, 2.45) is 0 Å². The van der Waals surface area contributed by atoms with Gasteiger partial charge in [-0.1, -0.05) is 0 Å². The molecular weight excluding hydrogens is 142 g/mol. The molecule has 4 nitrogen and oxygen atoms in total. The topological polar surface area (TPSA) is 44.1 Å². The Morgan fingerprint density at radius 3 is 2.82 bits per heavy atom. The average Bonchev–Trinajstić information content (AvgIpc) is 2.19. The standard InChI is InChI=1S/C7H12N3O/c1-9-4-6-10(2,5-3-8)7(9)11/h4-6H2,1-2H3/q+1. The van der Waals surface area contributed by atoms with Crippen molar-refractivity contribution in [3.05, 3.63) is 0 Å². The van der Waals surface area contributed by atoms with Crippen LogP contribution in [-0.4, -0.2) is 49.1 Å². The van der Waals surface area contributed by atoms with Crippen molar-refractivity contribution in [2.75, 3.05) is 33.7 Å². The first-order valence-electron chi connectivity index (χ1n) is 3.57. The third-order valence-corrected chi connectivity index (χ3v) is 2.14. The molecule has 4 heteroatoms. The molecule has 1 saturated heterocycles. The fourth-order valence-corrected chi connectivity index (χ4v) is 1.28. The van der Waals surface area contributed by atoms with Crippen LogP contribution in [0.15, 0.2) is 0 Å². The van der Waals surface area contributed by atoms with Gasteiger partial charge in [0.1, 0.15) is 12.6 Å². The van der Waals surface area contributed by atoms with Gasteiger partial charge in [-0.3, -0.25) is 4.90 Å². The molecule has 2 amide bonds. The number of likely N-dealkylation sites (N-methyl/N-ethyl adjacent to an activating group) is 2. The van der Waals surface area contributed by atoms with Gasteiger partial charge in [-0.15, -0.1) is 0 Å². The van der Waals surface area contributed by atoms with Gasteiger partial charge in [-0.05, 0) is 0 Å². The lowest BCUT2D eigenvalue weighted by atomic mass is 10.5. The Morgan fingerprint density at radius 2 is 2.45 bits per heavy atom. The molecule has 1 atom stereocenters. The normalized spacial score (nSPS) is 30.6. The van der Waals surface area contributed by atoms with Crippen LogP contribution in [0, 0.1) is 11.3 Å². The molecule has 0 N–H and O–H groups in total. The van der Waals surface area contributed by atoms with Crippen LogP contribution >= 0.6 is 0 Å². The summed E-state index contributed by atoms with van der Waals surface area (Å²) in [5, 5.41) is 8.46. The van der Waals surface area contributed by atoms with Gasteiger partial charge in [0, 0.05) is 7.05 Å². The van der Waals surface area contributed by atoms with Crippen molar-refractivity contribution in [1.82, 2.24) is 4.90 Å². The van der Waals surface area contributed by atoms with E-state index < -0.39 is 0 Å². The summed E-state index contributed by atoms with van der Waals surface area (Å²) in [7, 11) is 3.57. The molecule has 60 valence electrons. The third-order valence-electron chi connectivity index (χ3n) is 2.14. The zero-order chi connectivity index (χ0) is 8.48. The minimum atomic E-state index is 0.0477. The van der Waals surface area contributed by atoms with Crippen LogP contribution in [-0.2, 0) is 0 Å². The summed E-state index contributed by atoms with van der Waals surface area (Å²) in [5.74, 6) is 0. The van der Waals surface area contributed by atoms with E-state index in [1.54, 1.807) is 19.0 Å². The SMILES string of the molecule is CN1CC[N+](C)(CC#N)C1=O. The molecule has 0 aliphatic carbocycles. The predicted molar refractivity (Wildman–Crippen MR) is 39.6 cm³/mol. The highest BCUT2D eigenvalue weighted by molar-refractivity contribution is 5.68. The number of carbonyl (C=O) groups is 1. The second-order valence-corrected chi connectivity index (χ2v) is 3.14. The number of hydrogen-bond donors (Lipinski definition) is 0. The van der Waals surface area contributed by atoms with Crippen LogP contribution in [0.2, 0.25) is 0 Å². The fourth-order valence-electron chi connectivity index (χ4n) is 1.28. The molecule has 0 spiro atoms. The quantitative estimate of drug-likeness (QED) is 0.395. The summed E-state index contributed by atoms with van der Waals surface area (Å²) >= 11 is 0. The maximum atomic E-state index is 11.4. The molecule has 11 heavy (non-hydrogen) atoms. The van der Waals surface area contributed by atoms with Gasteiger partial charge in [-0.25, -0.2) is 9.28 Å². The smallest absolute Gasteiger partial charge is 0.290 e. The van der Waals surface area contributed by atoms with E-state index in [9.17, 15) is 4.79 Å². The van der Waals surface area contributed by atoms with Crippen molar-refractivity contribution < 1.29 is 9.28 Å². The van der Waals surface area contributed by atoms with Crippen molar-refractivity contribution in [3.8, 4) is 6.07 Å².